The summed E-state index contributed by atoms with van der Waals surface area (Å²) in [6.45, 7) is 0.497. The Morgan fingerprint density at radius 1 is 1.16 bits per heavy atom. The average Bonchev–Trinajstić information content (AvgIpc) is 3.30. The van der Waals surface area contributed by atoms with Crippen LogP contribution in [0.1, 0.15) is 40.0 Å². The molecule has 0 spiro atoms. The van der Waals surface area contributed by atoms with E-state index in [1.165, 1.54) is 13.4 Å². The van der Waals surface area contributed by atoms with Crippen molar-refractivity contribution < 1.29 is 23.5 Å². The molecule has 0 aliphatic carbocycles. The lowest BCUT2D eigenvalue weighted by molar-refractivity contribution is -0.141. The Morgan fingerprint density at radius 2 is 1.94 bits per heavy atom. The summed E-state index contributed by atoms with van der Waals surface area (Å²) in [7, 11) is 3.15. The van der Waals surface area contributed by atoms with Gasteiger partial charge in [-0.15, -0.1) is 0 Å². The van der Waals surface area contributed by atoms with Gasteiger partial charge in [0.15, 0.2) is 11.6 Å². The summed E-state index contributed by atoms with van der Waals surface area (Å²) in [5, 5.41) is 3.02. The summed E-state index contributed by atoms with van der Waals surface area (Å²) in [5.41, 5.74) is 7.16. The van der Waals surface area contributed by atoms with E-state index >= 15 is 0 Å². The fourth-order valence-corrected chi connectivity index (χ4v) is 3.16. The standard InChI is InChI=1S/C23H26N4O5/c1-25-20-5-3-4-17(26-20)10-11-31-18-8-6-15(7-9-18)12-16(13-21(28)30-2)23-27-19(14-32-23)22(24)29/h3-9,14,16H,10-13H2,1-2H3,(H2,24,29)(H,25,26). The minimum atomic E-state index is -0.689. The zero-order chi connectivity index (χ0) is 22.9. The predicted molar refractivity (Wildman–Crippen MR) is 118 cm³/mol. The lowest BCUT2D eigenvalue weighted by Crippen LogP contribution is -2.14. The van der Waals surface area contributed by atoms with E-state index in [2.05, 4.69) is 15.3 Å². The highest BCUT2D eigenvalue weighted by molar-refractivity contribution is 5.90. The second-order valence-electron chi connectivity index (χ2n) is 7.12. The van der Waals surface area contributed by atoms with E-state index in [0.717, 1.165) is 22.8 Å². The maximum absolute atomic E-state index is 11.8. The Morgan fingerprint density at radius 3 is 2.59 bits per heavy atom. The smallest absolute Gasteiger partial charge is 0.306 e. The van der Waals surface area contributed by atoms with Crippen molar-refractivity contribution in [3.8, 4) is 5.75 Å². The van der Waals surface area contributed by atoms with Crippen molar-refractivity contribution in [2.45, 2.75) is 25.2 Å². The van der Waals surface area contributed by atoms with Crippen LogP contribution in [0.2, 0.25) is 0 Å². The highest BCUT2D eigenvalue weighted by Gasteiger charge is 2.23. The summed E-state index contributed by atoms with van der Waals surface area (Å²) >= 11 is 0. The van der Waals surface area contributed by atoms with E-state index in [-0.39, 0.29) is 18.0 Å². The van der Waals surface area contributed by atoms with Gasteiger partial charge in [-0.25, -0.2) is 9.97 Å². The first-order valence-electron chi connectivity index (χ1n) is 10.2. The molecule has 0 aliphatic heterocycles. The predicted octanol–water partition coefficient (Wildman–Crippen LogP) is 2.72. The van der Waals surface area contributed by atoms with E-state index in [1.807, 2.05) is 49.5 Å². The van der Waals surface area contributed by atoms with Crippen LogP contribution in [0.25, 0.3) is 0 Å². The first-order chi connectivity index (χ1) is 15.5. The van der Waals surface area contributed by atoms with Crippen LogP contribution in [0.4, 0.5) is 5.82 Å². The summed E-state index contributed by atoms with van der Waals surface area (Å²) < 4.78 is 16.0. The van der Waals surface area contributed by atoms with Crippen molar-refractivity contribution in [3.63, 3.8) is 0 Å². The third kappa shape index (κ3) is 6.31. The summed E-state index contributed by atoms with van der Waals surface area (Å²) in [4.78, 5) is 31.7. The second-order valence-corrected chi connectivity index (χ2v) is 7.12. The van der Waals surface area contributed by atoms with Crippen molar-refractivity contribution in [1.29, 1.82) is 0 Å². The van der Waals surface area contributed by atoms with E-state index in [9.17, 15) is 9.59 Å². The van der Waals surface area contributed by atoms with E-state index in [0.29, 0.717) is 19.4 Å². The number of hydrogen-bond acceptors (Lipinski definition) is 8. The van der Waals surface area contributed by atoms with Crippen molar-refractivity contribution in [2.75, 3.05) is 26.1 Å². The number of oxazole rings is 1. The van der Waals surface area contributed by atoms with Crippen molar-refractivity contribution in [1.82, 2.24) is 9.97 Å². The number of anilines is 1. The van der Waals surface area contributed by atoms with E-state index in [1.54, 1.807) is 0 Å². The van der Waals surface area contributed by atoms with Gasteiger partial charge in [-0.05, 0) is 36.2 Å². The number of esters is 1. The Labute approximate surface area is 186 Å². The Bertz CT molecular complexity index is 1050. The Balaban J connectivity index is 1.60. The lowest BCUT2D eigenvalue weighted by Gasteiger charge is -2.13. The molecule has 32 heavy (non-hydrogen) atoms. The molecule has 1 aromatic carbocycles. The zero-order valence-corrected chi connectivity index (χ0v) is 18.0. The summed E-state index contributed by atoms with van der Waals surface area (Å²) in [6, 6.07) is 13.4. The number of rotatable bonds is 11. The molecule has 3 aromatic rings. The largest absolute Gasteiger partial charge is 0.493 e. The molecular weight excluding hydrogens is 412 g/mol. The van der Waals surface area contributed by atoms with Gasteiger partial charge >= 0.3 is 5.97 Å². The molecule has 9 nitrogen and oxygen atoms in total. The van der Waals surface area contributed by atoms with Crippen LogP contribution >= 0.6 is 0 Å². The molecular formula is C23H26N4O5. The number of primary amides is 1. The minimum Gasteiger partial charge on any atom is -0.493 e. The van der Waals surface area contributed by atoms with Crippen LogP contribution in [-0.2, 0) is 22.4 Å². The fourth-order valence-electron chi connectivity index (χ4n) is 3.16. The molecule has 2 aromatic heterocycles. The number of methoxy groups -OCH3 is 1. The third-order valence-electron chi connectivity index (χ3n) is 4.86. The minimum absolute atomic E-state index is 0.0216. The maximum atomic E-state index is 11.8. The zero-order valence-electron chi connectivity index (χ0n) is 18.0. The first kappa shape index (κ1) is 22.8. The number of ether oxygens (including phenoxy) is 2. The number of amides is 1. The van der Waals surface area contributed by atoms with Crippen molar-refractivity contribution >= 4 is 17.7 Å². The first-order valence-corrected chi connectivity index (χ1v) is 10.2. The summed E-state index contributed by atoms with van der Waals surface area (Å²) in [6.07, 6.45) is 2.41. The topological polar surface area (TPSA) is 130 Å². The lowest BCUT2D eigenvalue weighted by atomic mass is 9.96. The van der Waals surface area contributed by atoms with E-state index < -0.39 is 17.8 Å². The number of pyridine rings is 1. The van der Waals surface area contributed by atoms with Gasteiger partial charge in [0.05, 0.1) is 26.1 Å². The molecule has 0 radical (unpaired) electrons. The molecule has 168 valence electrons. The maximum Gasteiger partial charge on any atom is 0.306 e. The average molecular weight is 438 g/mol. The molecule has 0 saturated heterocycles. The SMILES string of the molecule is CNc1cccc(CCOc2ccc(CC(CC(=O)OC)c3nc(C(N)=O)co3)cc2)n1. The van der Waals surface area contributed by atoms with Gasteiger partial charge < -0.3 is 24.9 Å². The normalized spacial score (nSPS) is 11.6. The molecule has 0 fully saturated rings. The Kier molecular flexibility index (Phi) is 7.80. The van der Waals surface area contributed by atoms with Gasteiger partial charge in [0, 0.05) is 19.2 Å². The number of nitrogens with two attached hydrogens (primary N) is 1. The highest BCUT2D eigenvalue weighted by atomic mass is 16.5. The van der Waals surface area contributed by atoms with Gasteiger partial charge in [0.2, 0.25) is 0 Å². The van der Waals surface area contributed by atoms with Gasteiger partial charge in [0.1, 0.15) is 17.8 Å². The van der Waals surface area contributed by atoms with Gasteiger partial charge in [-0.2, -0.15) is 0 Å². The van der Waals surface area contributed by atoms with Gasteiger partial charge in [0.25, 0.3) is 5.91 Å². The van der Waals surface area contributed by atoms with Crippen LogP contribution in [0.3, 0.4) is 0 Å². The third-order valence-corrected chi connectivity index (χ3v) is 4.86. The molecule has 9 heteroatoms. The van der Waals surface area contributed by atoms with Crippen LogP contribution in [-0.4, -0.2) is 42.6 Å². The monoisotopic (exact) mass is 438 g/mol. The molecule has 3 rings (SSSR count). The number of nitrogens with zero attached hydrogens (tertiary/aromatic N) is 2. The van der Waals surface area contributed by atoms with Gasteiger partial charge in [-0.1, -0.05) is 18.2 Å². The Hall–Kier alpha value is -3.88. The molecule has 1 atom stereocenters. The van der Waals surface area contributed by atoms with Gasteiger partial charge in [-0.3, -0.25) is 9.59 Å². The van der Waals surface area contributed by atoms with Crippen LogP contribution in [0, 0.1) is 0 Å². The molecule has 1 unspecified atom stereocenters. The molecule has 2 heterocycles. The molecule has 0 aliphatic rings. The number of carbonyl (C=O) groups excluding carboxylic acids is 2. The van der Waals surface area contributed by atoms with E-state index in [4.69, 9.17) is 19.6 Å². The number of hydrogen-bond donors (Lipinski definition) is 2. The number of benzene rings is 1. The number of aromatic nitrogens is 2. The quantitative estimate of drug-likeness (QED) is 0.437. The van der Waals surface area contributed by atoms with Crippen molar-refractivity contribution in [2.24, 2.45) is 5.73 Å². The number of carbonyl (C=O) groups is 2. The second kappa shape index (κ2) is 10.9. The van der Waals surface area contributed by atoms with Crippen molar-refractivity contribution in [3.05, 3.63) is 71.6 Å². The molecule has 0 bridgehead atoms. The van der Waals surface area contributed by atoms with Crippen LogP contribution in [0.5, 0.6) is 5.75 Å². The van der Waals surface area contributed by atoms with Crippen LogP contribution in [0.15, 0.2) is 53.1 Å². The number of nitrogens with one attached hydrogen (secondary N) is 1. The molecule has 3 N–H and O–H groups in total. The molecule has 1 amide bonds. The highest BCUT2D eigenvalue weighted by Crippen LogP contribution is 2.26. The summed E-state index contributed by atoms with van der Waals surface area (Å²) in [5.74, 6) is 0.335. The molecule has 0 saturated carbocycles. The van der Waals surface area contributed by atoms with Crippen LogP contribution < -0.4 is 15.8 Å². The fraction of sp³-hybridized carbons (Fsp3) is 0.304.